The monoisotopic (exact) mass is 393 g/mol. The maximum atomic E-state index is 13.2. The third kappa shape index (κ3) is 3.49. The highest BCUT2D eigenvalue weighted by Gasteiger charge is 2.32. The number of hydrogen-bond acceptors (Lipinski definition) is 4. The number of nitrogens with one attached hydrogen (secondary N) is 2. The molecular formula is C23H24FN3O2. The van der Waals surface area contributed by atoms with Gasteiger partial charge in [-0.1, -0.05) is 18.2 Å². The number of rotatable bonds is 4. The molecule has 1 saturated heterocycles. The molecule has 5 nitrogen and oxygen atoms in total. The summed E-state index contributed by atoms with van der Waals surface area (Å²) in [5.74, 6) is 0.538. The standard InChI is InChI=1S/C23H24FN3O2/c24-16-7-10-27(11-8-16)12-9-25-17-5-6-18-15(13-17)14-29-22(18)21-19-3-1-2-4-20(19)26-23(21)28/h1-6,13,16,25H,7-12,14H2,(H,26,28)/b22-21+. The minimum absolute atomic E-state index is 0.117. The number of ether oxygens (including phenoxy) is 1. The van der Waals surface area contributed by atoms with Crippen molar-refractivity contribution in [3.63, 3.8) is 0 Å². The van der Waals surface area contributed by atoms with Crippen LogP contribution in [0.4, 0.5) is 15.8 Å². The molecule has 6 heteroatoms. The Bertz CT molecular complexity index is 980. The number of piperidine rings is 1. The first kappa shape index (κ1) is 18.2. The van der Waals surface area contributed by atoms with E-state index in [9.17, 15) is 9.18 Å². The fourth-order valence-corrected chi connectivity index (χ4v) is 4.31. The minimum Gasteiger partial charge on any atom is -0.487 e. The van der Waals surface area contributed by atoms with Crippen LogP contribution in [0.1, 0.15) is 29.5 Å². The van der Waals surface area contributed by atoms with E-state index in [1.165, 1.54) is 0 Å². The molecule has 3 aliphatic heterocycles. The van der Waals surface area contributed by atoms with Crippen LogP contribution in [-0.2, 0) is 16.1 Å². The second-order valence-corrected chi connectivity index (χ2v) is 7.81. The van der Waals surface area contributed by atoms with Gasteiger partial charge in [0.2, 0.25) is 0 Å². The maximum absolute atomic E-state index is 13.2. The van der Waals surface area contributed by atoms with Crippen LogP contribution in [0.25, 0.3) is 11.3 Å². The van der Waals surface area contributed by atoms with Gasteiger partial charge in [-0.3, -0.25) is 4.79 Å². The highest BCUT2D eigenvalue weighted by atomic mass is 19.1. The van der Waals surface area contributed by atoms with Gasteiger partial charge < -0.3 is 20.3 Å². The molecule has 29 heavy (non-hydrogen) atoms. The molecule has 0 aliphatic carbocycles. The number of carbonyl (C=O) groups is 1. The van der Waals surface area contributed by atoms with E-state index >= 15 is 0 Å². The SMILES string of the molecule is O=C1Nc2ccccc2/C1=C1\OCc2cc(NCCN3CCC(F)CC3)ccc21. The number of hydrogen-bond donors (Lipinski definition) is 2. The molecule has 2 aromatic carbocycles. The van der Waals surface area contributed by atoms with E-state index in [1.807, 2.05) is 36.4 Å². The van der Waals surface area contributed by atoms with Gasteiger partial charge in [-0.15, -0.1) is 0 Å². The summed E-state index contributed by atoms with van der Waals surface area (Å²) in [4.78, 5) is 14.8. The van der Waals surface area contributed by atoms with Gasteiger partial charge in [-0.2, -0.15) is 0 Å². The molecule has 5 rings (SSSR count). The number of amides is 1. The molecule has 3 aliphatic rings. The molecule has 150 valence electrons. The molecule has 2 N–H and O–H groups in total. The summed E-state index contributed by atoms with van der Waals surface area (Å²) < 4.78 is 19.2. The largest absolute Gasteiger partial charge is 0.487 e. The molecule has 0 spiro atoms. The number of benzene rings is 2. The Kier molecular flexibility index (Phi) is 4.72. The van der Waals surface area contributed by atoms with Gasteiger partial charge >= 0.3 is 0 Å². The number of fused-ring (bicyclic) bond motifs is 2. The lowest BCUT2D eigenvalue weighted by atomic mass is 10.0. The van der Waals surface area contributed by atoms with Crippen LogP contribution in [0.15, 0.2) is 42.5 Å². The number of carbonyl (C=O) groups excluding carboxylic acids is 1. The summed E-state index contributed by atoms with van der Waals surface area (Å²) in [6.07, 6.45) is 0.655. The number of nitrogens with zero attached hydrogens (tertiary/aromatic N) is 1. The molecule has 0 aromatic heterocycles. The molecule has 0 radical (unpaired) electrons. The molecule has 0 atom stereocenters. The summed E-state index contributed by atoms with van der Waals surface area (Å²) in [7, 11) is 0. The van der Waals surface area contributed by atoms with Gasteiger partial charge in [0.05, 0.1) is 5.57 Å². The minimum atomic E-state index is -0.631. The lowest BCUT2D eigenvalue weighted by Gasteiger charge is -2.28. The van der Waals surface area contributed by atoms with Gasteiger partial charge in [0.15, 0.2) is 0 Å². The number of para-hydroxylation sites is 1. The van der Waals surface area contributed by atoms with E-state index < -0.39 is 6.17 Å². The van der Waals surface area contributed by atoms with Crippen molar-refractivity contribution in [1.82, 2.24) is 4.90 Å². The highest BCUT2D eigenvalue weighted by Crippen LogP contribution is 2.41. The Labute approximate surface area is 169 Å². The molecule has 1 fully saturated rings. The Hall–Kier alpha value is -2.86. The van der Waals surface area contributed by atoms with Crippen LogP contribution >= 0.6 is 0 Å². The quantitative estimate of drug-likeness (QED) is 0.774. The Balaban J connectivity index is 1.30. The van der Waals surface area contributed by atoms with Gasteiger partial charge in [0.1, 0.15) is 18.5 Å². The molecule has 0 saturated carbocycles. The zero-order valence-corrected chi connectivity index (χ0v) is 16.2. The Morgan fingerprint density at radius 2 is 1.97 bits per heavy atom. The van der Waals surface area contributed by atoms with Crippen molar-refractivity contribution in [1.29, 1.82) is 0 Å². The third-order valence-electron chi connectivity index (χ3n) is 5.89. The van der Waals surface area contributed by atoms with Crippen molar-refractivity contribution in [2.24, 2.45) is 0 Å². The molecule has 1 amide bonds. The Morgan fingerprint density at radius 1 is 1.14 bits per heavy atom. The summed E-state index contributed by atoms with van der Waals surface area (Å²) in [5.41, 5.74) is 5.41. The van der Waals surface area contributed by atoms with E-state index in [4.69, 9.17) is 4.74 Å². The number of anilines is 2. The van der Waals surface area contributed by atoms with Gasteiger partial charge in [0, 0.05) is 54.2 Å². The first-order chi connectivity index (χ1) is 14.2. The highest BCUT2D eigenvalue weighted by molar-refractivity contribution is 6.36. The summed E-state index contributed by atoms with van der Waals surface area (Å²) >= 11 is 0. The van der Waals surface area contributed by atoms with E-state index in [2.05, 4.69) is 21.6 Å². The van der Waals surface area contributed by atoms with Gasteiger partial charge in [-0.05, 0) is 37.1 Å². The van der Waals surface area contributed by atoms with Crippen molar-refractivity contribution in [2.45, 2.75) is 25.6 Å². The first-order valence-electron chi connectivity index (χ1n) is 10.2. The lowest BCUT2D eigenvalue weighted by molar-refractivity contribution is -0.110. The van der Waals surface area contributed by atoms with Crippen molar-refractivity contribution in [3.05, 3.63) is 59.2 Å². The predicted molar refractivity (Wildman–Crippen MR) is 112 cm³/mol. The van der Waals surface area contributed by atoms with Crippen LogP contribution in [0, 0.1) is 0 Å². The second kappa shape index (κ2) is 7.52. The number of likely N-dealkylation sites (tertiary alicyclic amines) is 1. The van der Waals surface area contributed by atoms with Gasteiger partial charge in [-0.25, -0.2) is 4.39 Å². The summed E-state index contributed by atoms with van der Waals surface area (Å²) in [6.45, 7) is 3.86. The first-order valence-corrected chi connectivity index (χ1v) is 10.2. The summed E-state index contributed by atoms with van der Waals surface area (Å²) in [5, 5.41) is 6.37. The van der Waals surface area contributed by atoms with E-state index in [-0.39, 0.29) is 5.91 Å². The van der Waals surface area contributed by atoms with Crippen LogP contribution in [0.3, 0.4) is 0 Å². The lowest BCUT2D eigenvalue weighted by Crippen LogP contribution is -2.37. The zero-order valence-electron chi connectivity index (χ0n) is 16.2. The van der Waals surface area contributed by atoms with Gasteiger partial charge in [0.25, 0.3) is 5.91 Å². The van der Waals surface area contributed by atoms with Crippen molar-refractivity contribution in [3.8, 4) is 0 Å². The molecule has 0 unspecified atom stereocenters. The molecule has 3 heterocycles. The van der Waals surface area contributed by atoms with Crippen LogP contribution in [0.5, 0.6) is 0 Å². The summed E-state index contributed by atoms with van der Waals surface area (Å²) in [6, 6.07) is 13.8. The molecular weight excluding hydrogens is 369 g/mol. The molecule has 0 bridgehead atoms. The van der Waals surface area contributed by atoms with Crippen molar-refractivity contribution >= 4 is 28.6 Å². The second-order valence-electron chi connectivity index (χ2n) is 7.81. The average molecular weight is 393 g/mol. The van der Waals surface area contributed by atoms with Crippen LogP contribution in [-0.4, -0.2) is 43.2 Å². The zero-order chi connectivity index (χ0) is 19.8. The van der Waals surface area contributed by atoms with Crippen molar-refractivity contribution < 1.29 is 13.9 Å². The van der Waals surface area contributed by atoms with Crippen molar-refractivity contribution in [2.75, 3.05) is 36.8 Å². The normalized spacial score (nSPS) is 21.5. The van der Waals surface area contributed by atoms with E-state index in [1.54, 1.807) is 0 Å². The maximum Gasteiger partial charge on any atom is 0.260 e. The van der Waals surface area contributed by atoms with Crippen LogP contribution < -0.4 is 10.6 Å². The predicted octanol–water partition coefficient (Wildman–Crippen LogP) is 3.88. The topological polar surface area (TPSA) is 53.6 Å². The number of alkyl halides is 1. The van der Waals surface area contributed by atoms with E-state index in [0.29, 0.717) is 30.8 Å². The average Bonchev–Trinajstić information content (AvgIpc) is 3.28. The fraction of sp³-hybridized carbons (Fsp3) is 0.348. The smallest absolute Gasteiger partial charge is 0.260 e. The molecule has 2 aromatic rings. The third-order valence-corrected chi connectivity index (χ3v) is 5.89. The number of halogens is 1. The fourth-order valence-electron chi connectivity index (χ4n) is 4.31. The van der Waals surface area contributed by atoms with Crippen LogP contribution in [0.2, 0.25) is 0 Å². The Morgan fingerprint density at radius 3 is 2.83 bits per heavy atom. The van der Waals surface area contributed by atoms with E-state index in [0.717, 1.165) is 54.2 Å².